The lowest BCUT2D eigenvalue weighted by molar-refractivity contribution is 0.0384. The quantitative estimate of drug-likeness (QED) is 0.428. The smallest absolute Gasteiger partial charge is 0.0839 e. The van der Waals surface area contributed by atoms with E-state index >= 15 is 0 Å². The summed E-state index contributed by atoms with van der Waals surface area (Å²) in [5.74, 6) is 0. The highest BCUT2D eigenvalue weighted by atomic mass is 15.3. The number of anilines is 3. The maximum atomic E-state index is 4.86. The zero-order chi connectivity index (χ0) is 26.8. The van der Waals surface area contributed by atoms with Gasteiger partial charge in [-0.3, -0.25) is 14.8 Å². The lowest BCUT2D eigenvalue weighted by Crippen LogP contribution is -2.56. The maximum absolute atomic E-state index is 4.86. The standard InChI is InChI=1S/C33H46N6/c1-4-36-17-13-28(14-18-36)37-21-23-38(24-22-37)29-15-19-39(20-16-29)33-30-7-5-6-8-31(30)34-25-32(33)35(3)27-11-9-26(2)10-12-27/h5-12,25,28-29H,4,13-24H2,1-3H3. The van der Waals surface area contributed by atoms with Crippen LogP contribution < -0.4 is 9.80 Å². The average Bonchev–Trinajstić information content (AvgIpc) is 3.01. The number of rotatable bonds is 6. The van der Waals surface area contributed by atoms with Crippen LogP contribution in [0.25, 0.3) is 10.9 Å². The van der Waals surface area contributed by atoms with E-state index in [0.717, 1.165) is 24.6 Å². The average molecular weight is 527 g/mol. The largest absolute Gasteiger partial charge is 0.369 e. The molecule has 3 saturated heterocycles. The van der Waals surface area contributed by atoms with Crippen LogP contribution in [0.4, 0.5) is 17.1 Å². The van der Waals surface area contributed by atoms with Crippen LogP contribution >= 0.6 is 0 Å². The second kappa shape index (κ2) is 11.8. The Morgan fingerprint density at radius 2 is 1.36 bits per heavy atom. The number of hydrogen-bond donors (Lipinski definition) is 0. The monoisotopic (exact) mass is 526 g/mol. The first-order valence-electron chi connectivity index (χ1n) is 15.2. The molecule has 0 amide bonds. The van der Waals surface area contributed by atoms with E-state index < -0.39 is 0 Å². The molecule has 4 heterocycles. The number of fused-ring (bicyclic) bond motifs is 1. The summed E-state index contributed by atoms with van der Waals surface area (Å²) in [7, 11) is 2.18. The third-order valence-electron chi connectivity index (χ3n) is 9.68. The van der Waals surface area contributed by atoms with Crippen molar-refractivity contribution in [2.24, 2.45) is 0 Å². The molecule has 0 aliphatic carbocycles. The number of benzene rings is 2. The van der Waals surface area contributed by atoms with Gasteiger partial charge in [0.2, 0.25) is 0 Å². The van der Waals surface area contributed by atoms with Gasteiger partial charge in [-0.25, -0.2) is 0 Å². The molecule has 3 aromatic rings. The Hall–Kier alpha value is -2.67. The van der Waals surface area contributed by atoms with E-state index in [4.69, 9.17) is 4.98 Å². The van der Waals surface area contributed by atoms with Crippen molar-refractivity contribution in [2.45, 2.75) is 51.6 Å². The fourth-order valence-corrected chi connectivity index (χ4v) is 7.12. The second-order valence-electron chi connectivity index (χ2n) is 11.9. The van der Waals surface area contributed by atoms with E-state index in [2.05, 4.69) is 100 Å². The molecular weight excluding hydrogens is 480 g/mol. The Kier molecular flexibility index (Phi) is 8.05. The van der Waals surface area contributed by atoms with Crippen LogP contribution in [0.3, 0.4) is 0 Å². The second-order valence-corrected chi connectivity index (χ2v) is 11.9. The lowest BCUT2D eigenvalue weighted by atomic mass is 9.99. The highest BCUT2D eigenvalue weighted by Gasteiger charge is 2.32. The summed E-state index contributed by atoms with van der Waals surface area (Å²) in [6.07, 6.45) is 7.25. The molecule has 6 nitrogen and oxygen atoms in total. The first-order valence-corrected chi connectivity index (χ1v) is 15.2. The summed E-state index contributed by atoms with van der Waals surface area (Å²) in [5.41, 5.74) is 6.10. The molecule has 3 aliphatic rings. The molecule has 0 atom stereocenters. The highest BCUT2D eigenvalue weighted by Crippen LogP contribution is 2.40. The minimum atomic E-state index is 0.705. The molecule has 1 aromatic heterocycles. The molecule has 6 rings (SSSR count). The summed E-state index contributed by atoms with van der Waals surface area (Å²) in [6.45, 7) is 15.4. The van der Waals surface area contributed by atoms with Gasteiger partial charge in [0.15, 0.2) is 0 Å². The Morgan fingerprint density at radius 1 is 0.769 bits per heavy atom. The number of aryl methyl sites for hydroxylation is 1. The van der Waals surface area contributed by atoms with Crippen LogP contribution in [0.5, 0.6) is 0 Å². The van der Waals surface area contributed by atoms with Crippen molar-refractivity contribution in [3.05, 3.63) is 60.3 Å². The van der Waals surface area contributed by atoms with Crippen LogP contribution in [0.2, 0.25) is 0 Å². The van der Waals surface area contributed by atoms with Crippen LogP contribution in [0, 0.1) is 6.92 Å². The number of hydrogen-bond acceptors (Lipinski definition) is 6. The minimum absolute atomic E-state index is 0.705. The number of likely N-dealkylation sites (tertiary alicyclic amines) is 1. The zero-order valence-corrected chi connectivity index (χ0v) is 24.2. The molecule has 208 valence electrons. The first-order chi connectivity index (χ1) is 19.1. The van der Waals surface area contributed by atoms with Crippen molar-refractivity contribution in [1.82, 2.24) is 19.7 Å². The van der Waals surface area contributed by atoms with E-state index in [0.29, 0.717) is 6.04 Å². The highest BCUT2D eigenvalue weighted by molar-refractivity contribution is 5.99. The van der Waals surface area contributed by atoms with E-state index in [1.54, 1.807) is 0 Å². The maximum Gasteiger partial charge on any atom is 0.0839 e. The number of para-hydroxylation sites is 1. The van der Waals surface area contributed by atoms with E-state index in [-0.39, 0.29) is 0 Å². The molecule has 0 bridgehead atoms. The Bertz CT molecular complexity index is 1220. The Balaban J connectivity index is 1.13. The third-order valence-corrected chi connectivity index (χ3v) is 9.68. The van der Waals surface area contributed by atoms with Gasteiger partial charge in [-0.15, -0.1) is 0 Å². The van der Waals surface area contributed by atoms with E-state index in [9.17, 15) is 0 Å². The molecular formula is C33H46N6. The molecule has 39 heavy (non-hydrogen) atoms. The van der Waals surface area contributed by atoms with Crippen molar-refractivity contribution in [3.8, 4) is 0 Å². The summed E-state index contributed by atoms with van der Waals surface area (Å²) >= 11 is 0. The summed E-state index contributed by atoms with van der Waals surface area (Å²) < 4.78 is 0. The Labute approximate surface area is 235 Å². The number of piperazine rings is 1. The number of nitrogens with zero attached hydrogens (tertiary/aromatic N) is 6. The summed E-state index contributed by atoms with van der Waals surface area (Å²) in [4.78, 5) is 18.0. The first kappa shape index (κ1) is 26.5. The zero-order valence-electron chi connectivity index (χ0n) is 24.2. The van der Waals surface area contributed by atoms with Gasteiger partial charge < -0.3 is 14.7 Å². The minimum Gasteiger partial charge on any atom is -0.369 e. The summed E-state index contributed by atoms with van der Waals surface area (Å²) in [6, 6.07) is 19.0. The van der Waals surface area contributed by atoms with Gasteiger partial charge >= 0.3 is 0 Å². The number of piperidine rings is 2. The Morgan fingerprint density at radius 3 is 1.97 bits per heavy atom. The normalized spacial score (nSPS) is 21.1. The number of pyridine rings is 1. The SMILES string of the molecule is CCN1CCC(N2CCN(C3CCN(c4c(N(C)c5ccc(C)cc5)cnc5ccccc45)CC3)CC2)CC1. The molecule has 6 heteroatoms. The van der Waals surface area contributed by atoms with Gasteiger partial charge in [0, 0.05) is 69.5 Å². The van der Waals surface area contributed by atoms with Crippen molar-refractivity contribution in [1.29, 1.82) is 0 Å². The van der Waals surface area contributed by atoms with E-state index in [1.165, 1.54) is 99.5 Å². The molecule has 3 fully saturated rings. The predicted molar refractivity (Wildman–Crippen MR) is 165 cm³/mol. The van der Waals surface area contributed by atoms with Gasteiger partial charge in [0.05, 0.1) is 23.1 Å². The van der Waals surface area contributed by atoms with Gasteiger partial charge in [0.1, 0.15) is 0 Å². The van der Waals surface area contributed by atoms with Crippen molar-refractivity contribution >= 4 is 28.0 Å². The van der Waals surface area contributed by atoms with Gasteiger partial charge in [0.25, 0.3) is 0 Å². The van der Waals surface area contributed by atoms with E-state index in [1.807, 2.05) is 0 Å². The fourth-order valence-electron chi connectivity index (χ4n) is 7.12. The molecule has 3 aliphatic heterocycles. The molecule has 2 aromatic carbocycles. The molecule has 0 saturated carbocycles. The topological polar surface area (TPSA) is 29.1 Å². The van der Waals surface area contributed by atoms with Crippen LogP contribution in [-0.4, -0.2) is 97.7 Å². The molecule has 0 N–H and O–H groups in total. The van der Waals surface area contributed by atoms with Crippen molar-refractivity contribution < 1.29 is 0 Å². The van der Waals surface area contributed by atoms with Crippen LogP contribution in [-0.2, 0) is 0 Å². The van der Waals surface area contributed by atoms with Gasteiger partial charge in [-0.2, -0.15) is 0 Å². The molecule has 0 radical (unpaired) electrons. The summed E-state index contributed by atoms with van der Waals surface area (Å²) in [5, 5.41) is 1.26. The fraction of sp³-hybridized carbons (Fsp3) is 0.545. The molecule has 0 spiro atoms. The van der Waals surface area contributed by atoms with Gasteiger partial charge in [-0.1, -0.05) is 42.8 Å². The van der Waals surface area contributed by atoms with Crippen LogP contribution in [0.1, 0.15) is 38.2 Å². The van der Waals surface area contributed by atoms with Crippen LogP contribution in [0.15, 0.2) is 54.7 Å². The lowest BCUT2D eigenvalue weighted by Gasteiger charge is -2.46. The van der Waals surface area contributed by atoms with Gasteiger partial charge in [-0.05, 0) is 70.4 Å². The predicted octanol–water partition coefficient (Wildman–Crippen LogP) is 5.38. The third kappa shape index (κ3) is 5.65. The number of aromatic nitrogens is 1. The molecule has 0 unspecified atom stereocenters. The van der Waals surface area contributed by atoms with Crippen molar-refractivity contribution in [3.63, 3.8) is 0 Å². The van der Waals surface area contributed by atoms with Crippen molar-refractivity contribution in [2.75, 3.05) is 75.8 Å².